The van der Waals surface area contributed by atoms with Gasteiger partial charge in [-0.15, -0.1) is 0 Å². The van der Waals surface area contributed by atoms with Gasteiger partial charge in [0.15, 0.2) is 18.1 Å². The quantitative estimate of drug-likeness (QED) is 0.312. The number of carbonyl (C=O) groups is 4. The number of nitrogens with one attached hydrogen (secondary N) is 1. The van der Waals surface area contributed by atoms with Crippen molar-refractivity contribution in [1.82, 2.24) is 14.8 Å². The van der Waals surface area contributed by atoms with Crippen LogP contribution < -0.4 is 14.8 Å². The van der Waals surface area contributed by atoms with E-state index in [9.17, 15) is 19.2 Å². The molecule has 0 radical (unpaired) electrons. The lowest BCUT2D eigenvalue weighted by Crippen LogP contribution is -2.41. The molecule has 1 aromatic heterocycles. The SMILES string of the molecule is COc1ccc(CCn2c(C)cc(C(=O)COC(=O)CN3C(=O)NC(C)(C)C3=O)c2C)cc1OC. The van der Waals surface area contributed by atoms with Crippen molar-refractivity contribution in [3.8, 4) is 11.5 Å². The summed E-state index contributed by atoms with van der Waals surface area (Å²) >= 11 is 0. The number of hydrogen-bond donors (Lipinski definition) is 1. The number of aryl methyl sites for hydroxylation is 2. The highest BCUT2D eigenvalue weighted by atomic mass is 16.5. The Morgan fingerprint density at radius 3 is 2.31 bits per heavy atom. The summed E-state index contributed by atoms with van der Waals surface area (Å²) in [5, 5.41) is 2.49. The van der Waals surface area contributed by atoms with E-state index in [0.717, 1.165) is 21.9 Å². The minimum absolute atomic E-state index is 0.360. The van der Waals surface area contributed by atoms with Crippen molar-refractivity contribution in [3.05, 3.63) is 46.8 Å². The number of ketones is 1. The fourth-order valence-corrected chi connectivity index (χ4v) is 4.06. The normalized spacial score (nSPS) is 14.6. The molecule has 0 unspecified atom stereocenters. The Labute approximate surface area is 204 Å². The summed E-state index contributed by atoms with van der Waals surface area (Å²) in [7, 11) is 3.17. The molecule has 35 heavy (non-hydrogen) atoms. The van der Waals surface area contributed by atoms with Gasteiger partial charge in [0.05, 0.1) is 14.2 Å². The molecule has 10 heteroatoms. The standard InChI is InChI=1S/C25H31N3O7/c1-15-11-18(16(2)27(15)10-9-17-7-8-20(33-5)21(12-17)34-6)19(29)14-35-22(30)13-28-23(31)25(3,4)26-24(28)32/h7-8,11-12H,9-10,13-14H2,1-6H3,(H,26,32). The first-order valence-electron chi connectivity index (χ1n) is 11.2. The maximum Gasteiger partial charge on any atom is 0.326 e. The third kappa shape index (κ3) is 5.47. The van der Waals surface area contributed by atoms with Crippen molar-refractivity contribution >= 4 is 23.7 Å². The number of Topliss-reactive ketones (excluding diaryl/α,β-unsaturated/α-hetero) is 1. The Balaban J connectivity index is 1.60. The topological polar surface area (TPSA) is 116 Å². The number of urea groups is 1. The maximum atomic E-state index is 12.8. The minimum atomic E-state index is -1.08. The summed E-state index contributed by atoms with van der Waals surface area (Å²) in [5.41, 5.74) is 2.10. The molecular weight excluding hydrogens is 454 g/mol. The summed E-state index contributed by atoms with van der Waals surface area (Å²) in [6, 6.07) is 6.84. The van der Waals surface area contributed by atoms with Gasteiger partial charge in [-0.1, -0.05) is 6.07 Å². The first-order chi connectivity index (χ1) is 16.5. The molecule has 1 fully saturated rings. The summed E-state index contributed by atoms with van der Waals surface area (Å²) in [5.74, 6) is -0.405. The van der Waals surface area contributed by atoms with E-state index in [2.05, 4.69) is 5.32 Å². The molecule has 1 aliphatic heterocycles. The summed E-state index contributed by atoms with van der Waals surface area (Å²) in [6.07, 6.45) is 0.710. The number of imide groups is 1. The number of nitrogens with zero attached hydrogens (tertiary/aromatic N) is 2. The number of amides is 3. The fourth-order valence-electron chi connectivity index (χ4n) is 4.06. The molecular formula is C25H31N3O7. The Bertz CT molecular complexity index is 1170. The van der Waals surface area contributed by atoms with Gasteiger partial charge in [0.2, 0.25) is 5.78 Å². The van der Waals surface area contributed by atoms with Crippen molar-refractivity contribution in [3.63, 3.8) is 0 Å². The molecule has 1 aromatic carbocycles. The first-order valence-corrected chi connectivity index (χ1v) is 11.2. The zero-order valence-electron chi connectivity index (χ0n) is 20.9. The lowest BCUT2D eigenvalue weighted by atomic mass is 10.1. The van der Waals surface area contributed by atoms with Gasteiger partial charge >= 0.3 is 12.0 Å². The average molecular weight is 486 g/mol. The van der Waals surface area contributed by atoms with E-state index in [1.54, 1.807) is 34.1 Å². The predicted octanol–water partition coefficient (Wildman–Crippen LogP) is 2.42. The molecule has 10 nitrogen and oxygen atoms in total. The number of benzene rings is 1. The van der Waals surface area contributed by atoms with Gasteiger partial charge in [-0.2, -0.15) is 0 Å². The zero-order chi connectivity index (χ0) is 25.9. The van der Waals surface area contributed by atoms with Crippen LogP contribution in [0.1, 0.15) is 41.2 Å². The Morgan fingerprint density at radius 2 is 1.71 bits per heavy atom. The first kappa shape index (κ1) is 25.8. The van der Waals surface area contributed by atoms with Crippen LogP contribution in [-0.4, -0.2) is 66.1 Å². The van der Waals surface area contributed by atoms with Crippen molar-refractivity contribution in [2.45, 2.75) is 46.2 Å². The number of hydrogen-bond acceptors (Lipinski definition) is 7. The highest BCUT2D eigenvalue weighted by Gasteiger charge is 2.45. The number of carbonyl (C=O) groups excluding carboxylic acids is 4. The van der Waals surface area contributed by atoms with Crippen LogP contribution in [0.3, 0.4) is 0 Å². The van der Waals surface area contributed by atoms with Crippen molar-refractivity contribution in [2.75, 3.05) is 27.4 Å². The second-order valence-corrected chi connectivity index (χ2v) is 8.91. The van der Waals surface area contributed by atoms with Crippen LogP contribution in [0.15, 0.2) is 24.3 Å². The van der Waals surface area contributed by atoms with Gasteiger partial charge in [-0.25, -0.2) is 4.79 Å². The smallest absolute Gasteiger partial charge is 0.326 e. The van der Waals surface area contributed by atoms with E-state index in [0.29, 0.717) is 30.0 Å². The summed E-state index contributed by atoms with van der Waals surface area (Å²) in [6.45, 7) is 6.45. The van der Waals surface area contributed by atoms with E-state index >= 15 is 0 Å². The molecule has 0 saturated carbocycles. The molecule has 188 valence electrons. The summed E-state index contributed by atoms with van der Waals surface area (Å²) in [4.78, 5) is 49.8. The van der Waals surface area contributed by atoms with E-state index in [4.69, 9.17) is 14.2 Å². The van der Waals surface area contributed by atoms with Crippen molar-refractivity contribution < 1.29 is 33.4 Å². The Hall–Kier alpha value is -3.82. The van der Waals surface area contributed by atoms with E-state index in [-0.39, 0.29) is 5.78 Å². The third-order valence-electron chi connectivity index (χ3n) is 6.04. The Kier molecular flexibility index (Phi) is 7.52. The van der Waals surface area contributed by atoms with Gasteiger partial charge in [-0.05, 0) is 57.9 Å². The lowest BCUT2D eigenvalue weighted by Gasteiger charge is -2.15. The van der Waals surface area contributed by atoms with Gasteiger partial charge in [0, 0.05) is 23.5 Å². The van der Waals surface area contributed by atoms with E-state index < -0.39 is 36.6 Å². The molecule has 0 spiro atoms. The number of methoxy groups -OCH3 is 2. The van der Waals surface area contributed by atoms with Crippen LogP contribution in [0.25, 0.3) is 0 Å². The molecule has 1 saturated heterocycles. The van der Waals surface area contributed by atoms with Gasteiger partial charge in [0.1, 0.15) is 12.1 Å². The largest absolute Gasteiger partial charge is 0.493 e. The summed E-state index contributed by atoms with van der Waals surface area (Å²) < 4.78 is 17.7. The van der Waals surface area contributed by atoms with Gasteiger partial charge < -0.3 is 24.1 Å². The van der Waals surface area contributed by atoms with Crippen LogP contribution in [0.5, 0.6) is 11.5 Å². The zero-order valence-corrected chi connectivity index (χ0v) is 20.9. The molecule has 3 rings (SSSR count). The van der Waals surface area contributed by atoms with Crippen LogP contribution in [-0.2, 0) is 27.3 Å². The van der Waals surface area contributed by atoms with Gasteiger partial charge in [0.25, 0.3) is 5.91 Å². The highest BCUT2D eigenvalue weighted by molar-refractivity contribution is 6.08. The van der Waals surface area contributed by atoms with Crippen LogP contribution in [0, 0.1) is 13.8 Å². The number of rotatable bonds is 10. The second-order valence-electron chi connectivity index (χ2n) is 8.91. The Morgan fingerprint density at radius 1 is 1.03 bits per heavy atom. The molecule has 0 atom stereocenters. The van der Waals surface area contributed by atoms with Gasteiger partial charge in [-0.3, -0.25) is 19.3 Å². The highest BCUT2D eigenvalue weighted by Crippen LogP contribution is 2.28. The number of esters is 1. The van der Waals surface area contributed by atoms with Crippen LogP contribution in [0.2, 0.25) is 0 Å². The van der Waals surface area contributed by atoms with Crippen molar-refractivity contribution in [2.24, 2.45) is 0 Å². The van der Waals surface area contributed by atoms with Crippen LogP contribution >= 0.6 is 0 Å². The predicted molar refractivity (Wildman–Crippen MR) is 127 cm³/mol. The average Bonchev–Trinajstić information content (AvgIpc) is 3.21. The lowest BCUT2D eigenvalue weighted by molar-refractivity contribution is -0.146. The van der Waals surface area contributed by atoms with Crippen LogP contribution in [0.4, 0.5) is 4.79 Å². The number of aromatic nitrogens is 1. The van der Waals surface area contributed by atoms with E-state index in [1.165, 1.54) is 0 Å². The molecule has 1 N–H and O–H groups in total. The van der Waals surface area contributed by atoms with Crippen molar-refractivity contribution in [1.29, 1.82) is 0 Å². The fraction of sp³-hybridized carbons (Fsp3) is 0.440. The molecule has 2 aromatic rings. The molecule has 2 heterocycles. The third-order valence-corrected chi connectivity index (χ3v) is 6.04. The monoisotopic (exact) mass is 485 g/mol. The van der Waals surface area contributed by atoms with E-state index in [1.807, 2.05) is 36.6 Å². The second kappa shape index (κ2) is 10.2. The molecule has 0 aliphatic carbocycles. The molecule has 1 aliphatic rings. The maximum absolute atomic E-state index is 12.8. The minimum Gasteiger partial charge on any atom is -0.493 e. The number of ether oxygens (including phenoxy) is 3. The molecule has 0 bridgehead atoms. The molecule has 3 amide bonds.